The molecule has 0 aliphatic carbocycles. The number of rotatable bonds is 4. The molecule has 0 bridgehead atoms. The zero-order valence-corrected chi connectivity index (χ0v) is 18.0. The number of phenolic OH excluding ortho intramolecular Hbond substituents is 2. The number of nitrogens with one attached hydrogen (secondary N) is 1. The maximum absolute atomic E-state index is 13.2. The number of carbonyl (C=O) groups excluding carboxylic acids is 1. The number of phenols is 2. The van der Waals surface area contributed by atoms with E-state index in [-0.39, 0.29) is 28.9 Å². The molecule has 0 saturated carbocycles. The van der Waals surface area contributed by atoms with Crippen LogP contribution in [0.25, 0.3) is 0 Å². The first-order valence-electron chi connectivity index (χ1n) is 10.8. The lowest BCUT2D eigenvalue weighted by atomic mass is 9.98. The number of nitrogens with zero attached hydrogens (tertiary/aromatic N) is 2. The van der Waals surface area contributed by atoms with Gasteiger partial charge in [-0.2, -0.15) is 0 Å². The number of anilines is 1. The van der Waals surface area contributed by atoms with E-state index in [0.717, 1.165) is 37.1 Å². The van der Waals surface area contributed by atoms with Gasteiger partial charge in [0, 0.05) is 37.9 Å². The SMILES string of the molecule is CC(C)c1cc(C(=O)N2Cc3ccc(N(C)C4CCNCC4)cc3C2)c(O)cc1O. The first kappa shape index (κ1) is 20.5. The fourth-order valence-electron chi connectivity index (χ4n) is 4.55. The molecule has 0 atom stereocenters. The van der Waals surface area contributed by atoms with Gasteiger partial charge in [-0.25, -0.2) is 0 Å². The van der Waals surface area contributed by atoms with E-state index in [2.05, 4.69) is 35.5 Å². The summed E-state index contributed by atoms with van der Waals surface area (Å²) in [5.74, 6) is -0.307. The lowest BCUT2D eigenvalue weighted by molar-refractivity contribution is 0.0748. The Morgan fingerprint density at radius 1 is 1.07 bits per heavy atom. The van der Waals surface area contributed by atoms with Crippen molar-refractivity contribution in [2.45, 2.75) is 51.7 Å². The third kappa shape index (κ3) is 3.84. The second kappa shape index (κ2) is 8.19. The number of piperidine rings is 1. The van der Waals surface area contributed by atoms with Crippen LogP contribution in [0.3, 0.4) is 0 Å². The Labute approximate surface area is 178 Å². The molecule has 0 spiro atoms. The van der Waals surface area contributed by atoms with E-state index >= 15 is 0 Å². The molecule has 30 heavy (non-hydrogen) atoms. The van der Waals surface area contributed by atoms with Crippen LogP contribution >= 0.6 is 0 Å². The summed E-state index contributed by atoms with van der Waals surface area (Å²) in [4.78, 5) is 17.3. The van der Waals surface area contributed by atoms with Crippen molar-refractivity contribution in [1.82, 2.24) is 10.2 Å². The predicted molar refractivity (Wildman–Crippen MR) is 118 cm³/mol. The standard InChI is InChI=1S/C24H31N3O3/c1-15(2)20-11-21(23(29)12-22(20)28)24(30)27-13-16-4-5-19(10-17(16)14-27)26(3)18-6-8-25-9-7-18/h4-5,10-12,15,18,25,28-29H,6-9,13-14H2,1-3H3. The van der Waals surface area contributed by atoms with Crippen molar-refractivity contribution in [3.05, 3.63) is 52.6 Å². The monoisotopic (exact) mass is 409 g/mol. The number of aromatic hydroxyl groups is 2. The van der Waals surface area contributed by atoms with Crippen molar-refractivity contribution < 1.29 is 15.0 Å². The van der Waals surface area contributed by atoms with E-state index in [4.69, 9.17) is 0 Å². The number of amides is 1. The molecule has 4 rings (SSSR count). The summed E-state index contributed by atoms with van der Waals surface area (Å²) >= 11 is 0. The van der Waals surface area contributed by atoms with Crippen molar-refractivity contribution in [2.75, 3.05) is 25.0 Å². The van der Waals surface area contributed by atoms with Gasteiger partial charge in [0.05, 0.1) is 5.56 Å². The average molecular weight is 410 g/mol. The minimum Gasteiger partial charge on any atom is -0.508 e. The summed E-state index contributed by atoms with van der Waals surface area (Å²) in [6.45, 7) is 7.06. The van der Waals surface area contributed by atoms with Crippen LogP contribution in [0.4, 0.5) is 5.69 Å². The van der Waals surface area contributed by atoms with Crippen molar-refractivity contribution >= 4 is 11.6 Å². The number of fused-ring (bicyclic) bond motifs is 1. The molecule has 2 aromatic carbocycles. The van der Waals surface area contributed by atoms with E-state index < -0.39 is 0 Å². The quantitative estimate of drug-likeness (QED) is 0.720. The molecule has 2 heterocycles. The minimum atomic E-state index is -0.209. The first-order chi connectivity index (χ1) is 14.3. The predicted octanol–water partition coefficient (Wildman–Crippen LogP) is 3.57. The van der Waals surface area contributed by atoms with Gasteiger partial charge >= 0.3 is 0 Å². The van der Waals surface area contributed by atoms with E-state index in [0.29, 0.717) is 24.7 Å². The molecule has 1 amide bonds. The Kier molecular flexibility index (Phi) is 5.60. The highest BCUT2D eigenvalue weighted by Crippen LogP contribution is 2.35. The van der Waals surface area contributed by atoms with Gasteiger partial charge in [0.25, 0.3) is 5.91 Å². The van der Waals surface area contributed by atoms with E-state index in [1.807, 2.05) is 13.8 Å². The highest BCUT2D eigenvalue weighted by atomic mass is 16.3. The van der Waals surface area contributed by atoms with Gasteiger partial charge in [-0.15, -0.1) is 0 Å². The fraction of sp³-hybridized carbons (Fsp3) is 0.458. The van der Waals surface area contributed by atoms with Crippen LogP contribution in [0.5, 0.6) is 11.5 Å². The summed E-state index contributed by atoms with van der Waals surface area (Å²) in [5.41, 5.74) is 4.40. The van der Waals surface area contributed by atoms with Gasteiger partial charge < -0.3 is 25.3 Å². The average Bonchev–Trinajstić information content (AvgIpc) is 3.16. The molecule has 1 saturated heterocycles. The Balaban J connectivity index is 1.53. The molecule has 2 aromatic rings. The third-order valence-corrected chi connectivity index (χ3v) is 6.46. The second-order valence-electron chi connectivity index (χ2n) is 8.79. The molecule has 6 nitrogen and oxygen atoms in total. The summed E-state index contributed by atoms with van der Waals surface area (Å²) in [6, 6.07) is 9.89. The summed E-state index contributed by atoms with van der Waals surface area (Å²) in [5, 5.41) is 23.8. The molecular weight excluding hydrogens is 378 g/mol. The molecule has 6 heteroatoms. The number of hydrogen-bond acceptors (Lipinski definition) is 5. The van der Waals surface area contributed by atoms with Crippen LogP contribution in [0.2, 0.25) is 0 Å². The van der Waals surface area contributed by atoms with Gasteiger partial charge in [0.15, 0.2) is 0 Å². The van der Waals surface area contributed by atoms with E-state index in [1.54, 1.807) is 11.0 Å². The topological polar surface area (TPSA) is 76.0 Å². The van der Waals surface area contributed by atoms with Gasteiger partial charge in [-0.05, 0) is 66.7 Å². The largest absolute Gasteiger partial charge is 0.508 e. The molecule has 1 fully saturated rings. The van der Waals surface area contributed by atoms with Crippen LogP contribution in [-0.4, -0.2) is 47.2 Å². The third-order valence-electron chi connectivity index (χ3n) is 6.46. The Hall–Kier alpha value is -2.73. The van der Waals surface area contributed by atoms with Crippen molar-refractivity contribution in [1.29, 1.82) is 0 Å². The Morgan fingerprint density at radius 3 is 2.47 bits per heavy atom. The molecule has 0 radical (unpaired) electrons. The van der Waals surface area contributed by atoms with Gasteiger partial charge in [0.1, 0.15) is 11.5 Å². The maximum Gasteiger partial charge on any atom is 0.258 e. The Morgan fingerprint density at radius 2 is 1.77 bits per heavy atom. The molecule has 0 aromatic heterocycles. The second-order valence-corrected chi connectivity index (χ2v) is 8.79. The number of carbonyl (C=O) groups is 1. The van der Waals surface area contributed by atoms with Crippen LogP contribution in [-0.2, 0) is 13.1 Å². The van der Waals surface area contributed by atoms with Crippen LogP contribution < -0.4 is 10.2 Å². The molecule has 2 aliphatic heterocycles. The smallest absolute Gasteiger partial charge is 0.258 e. The van der Waals surface area contributed by atoms with Crippen LogP contribution in [0, 0.1) is 0 Å². The van der Waals surface area contributed by atoms with Crippen molar-refractivity contribution in [2.24, 2.45) is 0 Å². The van der Waals surface area contributed by atoms with Gasteiger partial charge in [-0.3, -0.25) is 4.79 Å². The van der Waals surface area contributed by atoms with Crippen molar-refractivity contribution in [3.8, 4) is 11.5 Å². The highest BCUT2D eigenvalue weighted by Gasteiger charge is 2.28. The fourth-order valence-corrected chi connectivity index (χ4v) is 4.55. The minimum absolute atomic E-state index is 0.0225. The maximum atomic E-state index is 13.2. The zero-order chi connectivity index (χ0) is 21.4. The summed E-state index contributed by atoms with van der Waals surface area (Å²) < 4.78 is 0. The lowest BCUT2D eigenvalue weighted by Gasteiger charge is -2.33. The van der Waals surface area contributed by atoms with E-state index in [9.17, 15) is 15.0 Å². The molecule has 3 N–H and O–H groups in total. The molecule has 0 unspecified atom stereocenters. The highest BCUT2D eigenvalue weighted by molar-refractivity contribution is 5.97. The Bertz CT molecular complexity index is 951. The zero-order valence-electron chi connectivity index (χ0n) is 18.0. The first-order valence-corrected chi connectivity index (χ1v) is 10.8. The normalized spacial score (nSPS) is 16.7. The summed E-state index contributed by atoms with van der Waals surface area (Å²) in [6.07, 6.45) is 2.27. The number of benzene rings is 2. The van der Waals surface area contributed by atoms with Crippen LogP contribution in [0.1, 0.15) is 59.7 Å². The van der Waals surface area contributed by atoms with Crippen molar-refractivity contribution in [3.63, 3.8) is 0 Å². The van der Waals surface area contributed by atoms with Gasteiger partial charge in [-0.1, -0.05) is 19.9 Å². The van der Waals surface area contributed by atoms with Gasteiger partial charge in [0.2, 0.25) is 0 Å². The lowest BCUT2D eigenvalue weighted by Crippen LogP contribution is -2.41. The number of hydrogen-bond donors (Lipinski definition) is 3. The summed E-state index contributed by atoms with van der Waals surface area (Å²) in [7, 11) is 2.15. The van der Waals surface area contributed by atoms with E-state index in [1.165, 1.54) is 11.8 Å². The van der Waals surface area contributed by atoms with Crippen LogP contribution in [0.15, 0.2) is 30.3 Å². The molecular formula is C24H31N3O3. The molecule has 2 aliphatic rings. The molecule has 160 valence electrons.